The van der Waals surface area contributed by atoms with E-state index in [0.29, 0.717) is 6.61 Å². The molecule has 4 aromatic rings. The molecule has 4 heterocycles. The Morgan fingerprint density at radius 1 is 1.21 bits per heavy atom. The summed E-state index contributed by atoms with van der Waals surface area (Å²) in [6.07, 6.45) is 1.72. The zero-order chi connectivity index (χ0) is 19.3. The predicted octanol–water partition coefficient (Wildman–Crippen LogP) is 5.05. The smallest absolute Gasteiger partial charge is 0.197 e. The molecule has 5 nitrogen and oxygen atoms in total. The van der Waals surface area contributed by atoms with Crippen molar-refractivity contribution < 1.29 is 4.74 Å². The number of hydrogen-bond donors (Lipinski definition) is 0. The first-order chi connectivity index (χ1) is 13.6. The summed E-state index contributed by atoms with van der Waals surface area (Å²) in [5, 5.41) is 11.2. The molecule has 28 heavy (non-hydrogen) atoms. The first-order valence-electron chi connectivity index (χ1n) is 9.54. The van der Waals surface area contributed by atoms with Gasteiger partial charge in [0.2, 0.25) is 0 Å². The van der Waals surface area contributed by atoms with Crippen molar-refractivity contribution in [2.75, 3.05) is 0 Å². The fraction of sp³-hybridized carbons (Fsp3) is 0.381. The lowest BCUT2D eigenvalue weighted by molar-refractivity contribution is -0.0379. The van der Waals surface area contributed by atoms with Gasteiger partial charge in [-0.2, -0.15) is 0 Å². The van der Waals surface area contributed by atoms with Gasteiger partial charge in [-0.25, -0.2) is 4.98 Å². The predicted molar refractivity (Wildman–Crippen MR) is 114 cm³/mol. The second kappa shape index (κ2) is 6.83. The number of thioether (sulfide) groups is 1. The van der Waals surface area contributed by atoms with E-state index < -0.39 is 0 Å². The molecule has 0 radical (unpaired) electrons. The van der Waals surface area contributed by atoms with Gasteiger partial charge in [0.1, 0.15) is 10.7 Å². The largest absolute Gasteiger partial charge is 0.370 e. The lowest BCUT2D eigenvalue weighted by Gasteiger charge is -2.30. The van der Waals surface area contributed by atoms with E-state index >= 15 is 0 Å². The second-order valence-electron chi connectivity index (χ2n) is 7.71. The lowest BCUT2D eigenvalue weighted by atomic mass is 9.94. The van der Waals surface area contributed by atoms with Crippen LogP contribution in [0.5, 0.6) is 0 Å². The Balaban J connectivity index is 1.64. The summed E-state index contributed by atoms with van der Waals surface area (Å²) in [5.41, 5.74) is 3.39. The summed E-state index contributed by atoms with van der Waals surface area (Å²) in [4.78, 5) is 7.33. The van der Waals surface area contributed by atoms with Crippen molar-refractivity contribution in [3.8, 4) is 0 Å². The summed E-state index contributed by atoms with van der Waals surface area (Å²) < 4.78 is 8.18. The maximum atomic E-state index is 6.02. The Bertz CT molecular complexity index is 1160. The normalized spacial score (nSPS) is 16.0. The van der Waals surface area contributed by atoms with Gasteiger partial charge < -0.3 is 4.74 Å². The number of hydrogen-bond acceptors (Lipinski definition) is 6. The molecule has 0 saturated carbocycles. The van der Waals surface area contributed by atoms with E-state index in [0.717, 1.165) is 45.4 Å². The van der Waals surface area contributed by atoms with E-state index in [-0.39, 0.29) is 5.60 Å². The molecule has 0 bridgehead atoms. The summed E-state index contributed by atoms with van der Waals surface area (Å²) in [6.45, 7) is 7.09. The van der Waals surface area contributed by atoms with Gasteiger partial charge in [-0.05, 0) is 25.0 Å². The number of thiophene rings is 1. The summed E-state index contributed by atoms with van der Waals surface area (Å²) in [7, 11) is 0. The first-order valence-corrected chi connectivity index (χ1v) is 11.3. The van der Waals surface area contributed by atoms with E-state index in [2.05, 4.69) is 59.6 Å². The van der Waals surface area contributed by atoms with Crippen molar-refractivity contribution in [3.63, 3.8) is 0 Å². The second-order valence-corrected chi connectivity index (χ2v) is 9.73. The van der Waals surface area contributed by atoms with Crippen LogP contribution in [0.1, 0.15) is 42.6 Å². The van der Waals surface area contributed by atoms with Crippen molar-refractivity contribution in [3.05, 3.63) is 52.2 Å². The van der Waals surface area contributed by atoms with Crippen LogP contribution in [0.15, 0.2) is 35.5 Å². The van der Waals surface area contributed by atoms with Crippen LogP contribution < -0.4 is 0 Å². The Morgan fingerprint density at radius 3 is 2.82 bits per heavy atom. The van der Waals surface area contributed by atoms with Crippen molar-refractivity contribution in [1.82, 2.24) is 19.6 Å². The lowest BCUT2D eigenvalue weighted by Crippen LogP contribution is -2.31. The standard InChI is InChI=1S/C21H22N4OS2/c1-4-16-22-19-17(14-10-21(2,3)26-11-15(14)28-19)18-23-24-20(25(16)18)27-12-13-8-6-5-7-9-13/h5-9H,4,10-12H2,1-3H3. The molecule has 1 aliphatic heterocycles. The van der Waals surface area contributed by atoms with Gasteiger partial charge in [0, 0.05) is 23.5 Å². The van der Waals surface area contributed by atoms with Gasteiger partial charge in [0.25, 0.3) is 0 Å². The monoisotopic (exact) mass is 410 g/mol. The molecule has 0 atom stereocenters. The van der Waals surface area contributed by atoms with Crippen LogP contribution in [0, 0.1) is 0 Å². The summed E-state index contributed by atoms with van der Waals surface area (Å²) in [6, 6.07) is 10.5. The van der Waals surface area contributed by atoms with Gasteiger partial charge in [-0.15, -0.1) is 21.5 Å². The van der Waals surface area contributed by atoms with Gasteiger partial charge in [0.15, 0.2) is 10.8 Å². The van der Waals surface area contributed by atoms with Crippen molar-refractivity contribution in [2.45, 2.75) is 56.7 Å². The van der Waals surface area contributed by atoms with E-state index in [9.17, 15) is 0 Å². The van der Waals surface area contributed by atoms with E-state index in [1.165, 1.54) is 16.0 Å². The summed E-state index contributed by atoms with van der Waals surface area (Å²) in [5.74, 6) is 1.88. The molecular weight excluding hydrogens is 388 g/mol. The van der Waals surface area contributed by atoms with Crippen LogP contribution >= 0.6 is 23.1 Å². The molecule has 0 unspecified atom stereocenters. The highest BCUT2D eigenvalue weighted by Gasteiger charge is 2.31. The van der Waals surface area contributed by atoms with E-state index in [4.69, 9.17) is 9.72 Å². The Hall–Kier alpha value is -1.96. The van der Waals surface area contributed by atoms with E-state index in [1.807, 2.05) is 6.07 Å². The number of fused-ring (bicyclic) bond motifs is 5. The minimum absolute atomic E-state index is 0.160. The SMILES string of the molecule is CCc1nc2sc3c(c2c2nnc(SCc4ccccc4)n12)CC(C)(C)OC3. The van der Waals surface area contributed by atoms with E-state index in [1.54, 1.807) is 23.1 Å². The third-order valence-corrected chi connectivity index (χ3v) is 7.24. The Kier molecular flexibility index (Phi) is 4.41. The van der Waals surface area contributed by atoms with Crippen molar-refractivity contribution >= 4 is 39.0 Å². The summed E-state index contributed by atoms with van der Waals surface area (Å²) >= 11 is 3.46. The Morgan fingerprint density at radius 2 is 2.04 bits per heavy atom. The average molecular weight is 411 g/mol. The molecule has 1 aliphatic rings. The topological polar surface area (TPSA) is 52.3 Å². The maximum absolute atomic E-state index is 6.02. The molecule has 0 aliphatic carbocycles. The van der Waals surface area contributed by atoms with Gasteiger partial charge in [-0.3, -0.25) is 4.40 Å². The molecule has 0 spiro atoms. The fourth-order valence-electron chi connectivity index (χ4n) is 3.73. The van der Waals surface area contributed by atoms with Crippen LogP contribution in [0.4, 0.5) is 0 Å². The third-order valence-electron chi connectivity index (χ3n) is 5.14. The quantitative estimate of drug-likeness (QED) is 0.441. The molecule has 0 amide bonds. The van der Waals surface area contributed by atoms with Crippen LogP contribution in [-0.4, -0.2) is 25.2 Å². The van der Waals surface area contributed by atoms with Gasteiger partial charge in [0.05, 0.1) is 17.6 Å². The minimum Gasteiger partial charge on any atom is -0.370 e. The van der Waals surface area contributed by atoms with Crippen LogP contribution in [0.25, 0.3) is 15.9 Å². The van der Waals surface area contributed by atoms with Gasteiger partial charge in [-0.1, -0.05) is 49.0 Å². The molecule has 7 heteroatoms. The number of aryl methyl sites for hydroxylation is 1. The third kappa shape index (κ3) is 3.02. The fourth-order valence-corrected chi connectivity index (χ4v) is 5.76. The highest BCUT2D eigenvalue weighted by Crippen LogP contribution is 2.40. The van der Waals surface area contributed by atoms with Crippen LogP contribution in [0.2, 0.25) is 0 Å². The highest BCUT2D eigenvalue weighted by atomic mass is 32.2. The molecule has 1 aromatic carbocycles. The maximum Gasteiger partial charge on any atom is 0.197 e. The molecule has 144 valence electrons. The molecule has 0 fully saturated rings. The van der Waals surface area contributed by atoms with Crippen LogP contribution in [0.3, 0.4) is 0 Å². The number of rotatable bonds is 4. The molecule has 0 saturated heterocycles. The molecule has 0 N–H and O–H groups in total. The molecular formula is C21H22N4OS2. The number of aromatic nitrogens is 4. The van der Waals surface area contributed by atoms with Crippen molar-refractivity contribution in [1.29, 1.82) is 0 Å². The zero-order valence-electron chi connectivity index (χ0n) is 16.2. The zero-order valence-corrected chi connectivity index (χ0v) is 17.9. The minimum atomic E-state index is -0.160. The number of ether oxygens (including phenoxy) is 1. The average Bonchev–Trinajstić information content (AvgIpc) is 3.26. The van der Waals surface area contributed by atoms with Crippen molar-refractivity contribution in [2.24, 2.45) is 0 Å². The van der Waals surface area contributed by atoms with Crippen LogP contribution in [-0.2, 0) is 29.9 Å². The number of nitrogens with zero attached hydrogens (tertiary/aromatic N) is 4. The highest BCUT2D eigenvalue weighted by molar-refractivity contribution is 7.98. The van der Waals surface area contributed by atoms with Gasteiger partial charge >= 0.3 is 0 Å². The number of benzene rings is 1. The molecule has 5 rings (SSSR count). The first kappa shape index (κ1) is 18.1. The molecule has 3 aromatic heterocycles. The Labute approximate surface area is 172 Å².